The van der Waals surface area contributed by atoms with Gasteiger partial charge in [0, 0.05) is 0 Å². The second-order valence-corrected chi connectivity index (χ2v) is 8.87. The Bertz CT molecular complexity index is 1400. The van der Waals surface area contributed by atoms with Crippen molar-refractivity contribution >= 4 is 23.4 Å². The summed E-state index contributed by atoms with van der Waals surface area (Å²) < 4.78 is 26.0. The van der Waals surface area contributed by atoms with Crippen molar-refractivity contribution in [2.75, 3.05) is 7.11 Å². The molecule has 0 N–H and O–H groups in total. The van der Waals surface area contributed by atoms with Gasteiger partial charge in [-0.25, -0.2) is 14.2 Å². The Morgan fingerprint density at radius 2 is 1.82 bits per heavy atom. The monoisotopic (exact) mass is 466 g/mol. The Morgan fingerprint density at radius 1 is 1.15 bits per heavy atom. The summed E-state index contributed by atoms with van der Waals surface area (Å²) in [6, 6.07) is 12.4. The highest BCUT2D eigenvalue weighted by molar-refractivity contribution is 7.07. The van der Waals surface area contributed by atoms with Gasteiger partial charge in [-0.05, 0) is 62.2 Å². The Kier molecular flexibility index (Phi) is 6.29. The minimum atomic E-state index is -0.700. The molecule has 3 aromatic rings. The zero-order chi connectivity index (χ0) is 23.7. The fourth-order valence-electron chi connectivity index (χ4n) is 3.67. The molecule has 1 aromatic heterocycles. The maximum Gasteiger partial charge on any atom is 0.338 e. The number of hydrogen-bond acceptors (Lipinski definition) is 6. The molecule has 0 saturated heterocycles. The van der Waals surface area contributed by atoms with Crippen molar-refractivity contribution in [2.45, 2.75) is 32.9 Å². The lowest BCUT2D eigenvalue weighted by Crippen LogP contribution is -2.40. The molecular weight excluding hydrogens is 443 g/mol. The third-order valence-corrected chi connectivity index (χ3v) is 6.17. The van der Waals surface area contributed by atoms with Crippen LogP contribution < -0.4 is 19.6 Å². The molecule has 6 nitrogen and oxygen atoms in total. The number of halogens is 1. The quantitative estimate of drug-likeness (QED) is 0.541. The molecule has 8 heteroatoms. The molecule has 0 bridgehead atoms. The molecule has 33 heavy (non-hydrogen) atoms. The van der Waals surface area contributed by atoms with E-state index < -0.39 is 12.0 Å². The van der Waals surface area contributed by atoms with Crippen molar-refractivity contribution < 1.29 is 18.7 Å². The van der Waals surface area contributed by atoms with E-state index in [1.165, 1.54) is 28.0 Å². The molecule has 1 aliphatic heterocycles. The van der Waals surface area contributed by atoms with E-state index >= 15 is 0 Å². The summed E-state index contributed by atoms with van der Waals surface area (Å²) in [5.74, 6) is -0.202. The number of nitrogens with zero attached hydrogens (tertiary/aromatic N) is 2. The number of allylic oxidation sites excluding steroid dienone is 1. The fraction of sp³-hybridized carbons (Fsp3) is 0.240. The van der Waals surface area contributed by atoms with Crippen LogP contribution in [0.15, 0.2) is 69.6 Å². The molecule has 0 fully saturated rings. The van der Waals surface area contributed by atoms with Gasteiger partial charge in [-0.15, -0.1) is 0 Å². The van der Waals surface area contributed by atoms with Gasteiger partial charge in [0.2, 0.25) is 0 Å². The minimum absolute atomic E-state index is 0.286. The summed E-state index contributed by atoms with van der Waals surface area (Å²) >= 11 is 1.22. The SMILES string of the molecule is COc1ccc(C2C(C(=O)OC(C)C)=C(C)N=c3s/c(=C\c4ccc(F)cc4)c(=O)n32)cc1. The largest absolute Gasteiger partial charge is 0.497 e. The molecule has 0 radical (unpaired) electrons. The normalized spacial score (nSPS) is 15.9. The standard InChI is InChI=1S/C25H23FN2O4S/c1-14(2)32-24(30)21-15(3)27-25-28(22(21)17-7-11-19(31-4)12-8-17)23(29)20(33-25)13-16-5-9-18(26)10-6-16/h5-14,22H,1-4H3/b20-13-. The number of benzene rings is 2. The van der Waals surface area contributed by atoms with Crippen molar-refractivity contribution in [1.29, 1.82) is 0 Å². The van der Waals surface area contributed by atoms with Gasteiger partial charge >= 0.3 is 5.97 Å². The lowest BCUT2D eigenvalue weighted by molar-refractivity contribution is -0.143. The predicted molar refractivity (Wildman–Crippen MR) is 124 cm³/mol. The van der Waals surface area contributed by atoms with Crippen molar-refractivity contribution in [3.63, 3.8) is 0 Å². The topological polar surface area (TPSA) is 69.9 Å². The number of fused-ring (bicyclic) bond motifs is 1. The van der Waals surface area contributed by atoms with Crippen LogP contribution in [0, 0.1) is 5.82 Å². The molecule has 0 amide bonds. The highest BCUT2D eigenvalue weighted by Crippen LogP contribution is 2.31. The van der Waals surface area contributed by atoms with E-state index in [4.69, 9.17) is 9.47 Å². The second kappa shape index (κ2) is 9.15. The summed E-state index contributed by atoms with van der Waals surface area (Å²) in [4.78, 5) is 31.6. The van der Waals surface area contributed by atoms with E-state index in [1.54, 1.807) is 58.2 Å². The van der Waals surface area contributed by atoms with Crippen molar-refractivity contribution in [3.8, 4) is 5.75 Å². The number of methoxy groups -OCH3 is 1. The number of esters is 1. The van der Waals surface area contributed by atoms with Crippen LogP contribution in [-0.2, 0) is 9.53 Å². The second-order valence-electron chi connectivity index (χ2n) is 7.86. The average molecular weight is 467 g/mol. The Balaban J connectivity index is 1.92. The van der Waals surface area contributed by atoms with Crippen LogP contribution in [0.3, 0.4) is 0 Å². The number of thiazole rings is 1. The van der Waals surface area contributed by atoms with Crippen LogP contribution in [0.25, 0.3) is 6.08 Å². The molecule has 0 aliphatic carbocycles. The van der Waals surface area contributed by atoms with Crippen LogP contribution in [0.2, 0.25) is 0 Å². The summed E-state index contributed by atoms with van der Waals surface area (Å²) in [7, 11) is 1.57. The first-order chi connectivity index (χ1) is 15.8. The van der Waals surface area contributed by atoms with E-state index in [9.17, 15) is 14.0 Å². The molecule has 0 spiro atoms. The molecule has 1 aliphatic rings. The molecule has 2 aromatic carbocycles. The molecule has 1 unspecified atom stereocenters. The average Bonchev–Trinajstić information content (AvgIpc) is 3.08. The highest BCUT2D eigenvalue weighted by Gasteiger charge is 2.33. The van der Waals surface area contributed by atoms with Gasteiger partial charge in [0.15, 0.2) is 4.80 Å². The summed E-state index contributed by atoms with van der Waals surface area (Å²) in [5, 5.41) is 0. The van der Waals surface area contributed by atoms with Gasteiger partial charge in [0.25, 0.3) is 5.56 Å². The van der Waals surface area contributed by atoms with E-state index in [1.807, 2.05) is 12.1 Å². The van der Waals surface area contributed by atoms with E-state index in [0.717, 1.165) is 5.56 Å². The Hall–Kier alpha value is -3.52. The van der Waals surface area contributed by atoms with Crippen molar-refractivity contribution in [3.05, 3.63) is 96.4 Å². The zero-order valence-corrected chi connectivity index (χ0v) is 19.5. The van der Waals surface area contributed by atoms with E-state index in [2.05, 4.69) is 4.99 Å². The van der Waals surface area contributed by atoms with Crippen LogP contribution in [-0.4, -0.2) is 23.8 Å². The van der Waals surface area contributed by atoms with E-state index in [-0.39, 0.29) is 17.5 Å². The highest BCUT2D eigenvalue weighted by atomic mass is 32.1. The first-order valence-electron chi connectivity index (χ1n) is 10.4. The van der Waals surface area contributed by atoms with Crippen molar-refractivity contribution in [2.24, 2.45) is 4.99 Å². The molecular formula is C25H23FN2O4S. The smallest absolute Gasteiger partial charge is 0.338 e. The third kappa shape index (κ3) is 4.52. The molecule has 4 rings (SSSR count). The van der Waals surface area contributed by atoms with Crippen LogP contribution in [0.5, 0.6) is 5.75 Å². The minimum Gasteiger partial charge on any atom is -0.497 e. The summed E-state index contributed by atoms with van der Waals surface area (Å²) in [6.07, 6.45) is 1.37. The van der Waals surface area contributed by atoms with Crippen LogP contribution >= 0.6 is 11.3 Å². The number of carbonyl (C=O) groups is 1. The summed E-state index contributed by atoms with van der Waals surface area (Å²) in [6.45, 7) is 5.28. The number of aromatic nitrogens is 1. The first-order valence-corrected chi connectivity index (χ1v) is 11.2. The maximum atomic E-state index is 13.5. The van der Waals surface area contributed by atoms with Gasteiger partial charge in [-0.2, -0.15) is 0 Å². The summed E-state index contributed by atoms with van der Waals surface area (Å²) in [5.41, 5.74) is 1.95. The Labute approximate surface area is 193 Å². The van der Waals surface area contributed by atoms with Crippen LogP contribution in [0.4, 0.5) is 4.39 Å². The molecule has 170 valence electrons. The lowest BCUT2D eigenvalue weighted by atomic mass is 9.96. The van der Waals surface area contributed by atoms with Gasteiger partial charge < -0.3 is 9.47 Å². The number of rotatable bonds is 5. The molecule has 2 heterocycles. The van der Waals surface area contributed by atoms with Crippen molar-refractivity contribution in [1.82, 2.24) is 4.57 Å². The number of hydrogen-bond donors (Lipinski definition) is 0. The first kappa shape index (κ1) is 22.7. The van der Waals surface area contributed by atoms with Crippen LogP contribution in [0.1, 0.15) is 37.9 Å². The van der Waals surface area contributed by atoms with Gasteiger partial charge in [0.05, 0.1) is 35.1 Å². The third-order valence-electron chi connectivity index (χ3n) is 5.18. The number of carbonyl (C=O) groups excluding carboxylic acids is 1. The molecule has 0 saturated carbocycles. The fourth-order valence-corrected chi connectivity index (χ4v) is 4.72. The number of ether oxygens (including phenoxy) is 2. The molecule has 1 atom stereocenters. The van der Waals surface area contributed by atoms with E-state index in [0.29, 0.717) is 31.9 Å². The van der Waals surface area contributed by atoms with Gasteiger partial charge in [0.1, 0.15) is 11.6 Å². The van der Waals surface area contributed by atoms with Gasteiger partial charge in [-0.1, -0.05) is 35.6 Å². The maximum absolute atomic E-state index is 13.5. The Morgan fingerprint density at radius 3 is 2.42 bits per heavy atom. The predicted octanol–water partition coefficient (Wildman–Crippen LogP) is 3.33. The lowest BCUT2D eigenvalue weighted by Gasteiger charge is -2.25. The van der Waals surface area contributed by atoms with Gasteiger partial charge in [-0.3, -0.25) is 9.36 Å². The zero-order valence-electron chi connectivity index (χ0n) is 18.7.